The fourth-order valence-electron chi connectivity index (χ4n) is 1.95. The van der Waals surface area contributed by atoms with Crippen molar-refractivity contribution in [2.75, 3.05) is 6.26 Å². The maximum absolute atomic E-state index is 11.9. The van der Waals surface area contributed by atoms with Gasteiger partial charge >= 0.3 is 0 Å². The minimum atomic E-state index is -3.19. The molecule has 1 atom stereocenters. The van der Waals surface area contributed by atoms with Gasteiger partial charge in [-0.3, -0.25) is 4.79 Å². The number of carbonyl (C=O) groups is 1. The highest BCUT2D eigenvalue weighted by Crippen LogP contribution is 2.17. The van der Waals surface area contributed by atoms with E-state index in [1.807, 2.05) is 24.4 Å². The molecule has 2 aromatic rings. The third-order valence-electron chi connectivity index (χ3n) is 3.10. The molecule has 1 aromatic heterocycles. The molecule has 0 saturated heterocycles. The van der Waals surface area contributed by atoms with Crippen LogP contribution in [0.15, 0.2) is 46.7 Å². The summed E-state index contributed by atoms with van der Waals surface area (Å²) in [5.41, 5.74) is 0.877. The number of amides is 1. The zero-order valence-corrected chi connectivity index (χ0v) is 13.5. The minimum absolute atomic E-state index is 0.0443. The van der Waals surface area contributed by atoms with Gasteiger partial charge in [-0.25, -0.2) is 8.42 Å². The molecule has 6 heteroatoms. The Balaban J connectivity index is 2.00. The van der Waals surface area contributed by atoms with Crippen molar-refractivity contribution in [3.05, 3.63) is 52.2 Å². The van der Waals surface area contributed by atoms with Crippen LogP contribution in [-0.4, -0.2) is 20.6 Å². The van der Waals surface area contributed by atoms with Gasteiger partial charge in [0.1, 0.15) is 0 Å². The summed E-state index contributed by atoms with van der Waals surface area (Å²) in [4.78, 5) is 13.2. The zero-order valence-electron chi connectivity index (χ0n) is 11.9. The van der Waals surface area contributed by atoms with Gasteiger partial charge in [0.2, 0.25) is 5.91 Å². The molecule has 0 bridgehead atoms. The maximum Gasteiger partial charge on any atom is 0.225 e. The van der Waals surface area contributed by atoms with Crippen LogP contribution in [0.2, 0.25) is 0 Å². The number of hydrogen-bond acceptors (Lipinski definition) is 4. The third kappa shape index (κ3) is 4.41. The van der Waals surface area contributed by atoms with Gasteiger partial charge in [0, 0.05) is 11.1 Å². The molecule has 0 aliphatic carbocycles. The number of hydrogen-bond donors (Lipinski definition) is 1. The van der Waals surface area contributed by atoms with E-state index in [2.05, 4.69) is 5.32 Å². The summed E-state index contributed by atoms with van der Waals surface area (Å²) >= 11 is 1.55. The Morgan fingerprint density at radius 3 is 2.43 bits per heavy atom. The number of sulfone groups is 1. The van der Waals surface area contributed by atoms with E-state index in [9.17, 15) is 13.2 Å². The first-order valence-electron chi connectivity index (χ1n) is 6.48. The van der Waals surface area contributed by atoms with Crippen molar-refractivity contribution >= 4 is 27.1 Å². The third-order valence-corrected chi connectivity index (χ3v) is 5.11. The number of nitrogens with one attached hydrogen (secondary N) is 1. The second-order valence-corrected chi connectivity index (χ2v) is 7.93. The normalized spacial score (nSPS) is 12.9. The fourth-order valence-corrected chi connectivity index (χ4v) is 3.28. The van der Waals surface area contributed by atoms with E-state index in [1.54, 1.807) is 35.6 Å². The molecule has 1 heterocycles. The summed E-state index contributed by atoms with van der Waals surface area (Å²) in [6.07, 6.45) is 1.54. The summed E-state index contributed by atoms with van der Waals surface area (Å²) in [7, 11) is -3.19. The van der Waals surface area contributed by atoms with Gasteiger partial charge in [-0.1, -0.05) is 18.2 Å². The van der Waals surface area contributed by atoms with E-state index in [0.717, 1.165) is 10.4 Å². The predicted octanol–water partition coefficient (Wildman–Crippen LogP) is 2.57. The van der Waals surface area contributed by atoms with Crippen LogP contribution in [0.5, 0.6) is 0 Å². The highest BCUT2D eigenvalue weighted by atomic mass is 32.2. The minimum Gasteiger partial charge on any atom is -0.349 e. The topological polar surface area (TPSA) is 63.2 Å². The zero-order chi connectivity index (χ0) is 15.5. The van der Waals surface area contributed by atoms with Crippen LogP contribution < -0.4 is 5.32 Å². The van der Waals surface area contributed by atoms with Crippen molar-refractivity contribution in [2.24, 2.45) is 0 Å². The number of rotatable bonds is 5. The van der Waals surface area contributed by atoms with Crippen LogP contribution in [0, 0.1) is 0 Å². The summed E-state index contributed by atoms with van der Waals surface area (Å²) in [5.74, 6) is -0.0443. The van der Waals surface area contributed by atoms with E-state index >= 15 is 0 Å². The SMILES string of the molecule is C[C@H](NC(=O)Cc1cccs1)c1ccc(S(C)(=O)=O)cc1. The average molecular weight is 323 g/mol. The summed E-state index contributed by atoms with van der Waals surface area (Å²) in [6, 6.07) is 10.3. The molecule has 0 aliphatic rings. The van der Waals surface area contributed by atoms with Crippen molar-refractivity contribution < 1.29 is 13.2 Å². The van der Waals surface area contributed by atoms with Crippen LogP contribution in [0.4, 0.5) is 0 Å². The molecular weight excluding hydrogens is 306 g/mol. The summed E-state index contributed by atoms with van der Waals surface area (Å²) in [5, 5.41) is 4.85. The van der Waals surface area contributed by atoms with Crippen LogP contribution >= 0.6 is 11.3 Å². The van der Waals surface area contributed by atoms with Crippen molar-refractivity contribution in [1.29, 1.82) is 0 Å². The highest BCUT2D eigenvalue weighted by Gasteiger charge is 2.12. The fraction of sp³-hybridized carbons (Fsp3) is 0.267. The van der Waals surface area contributed by atoms with Crippen molar-refractivity contribution in [1.82, 2.24) is 5.32 Å². The Morgan fingerprint density at radius 1 is 1.24 bits per heavy atom. The Kier molecular flexibility index (Phi) is 4.80. The van der Waals surface area contributed by atoms with Crippen LogP contribution in [0.25, 0.3) is 0 Å². The van der Waals surface area contributed by atoms with Gasteiger partial charge in [0.25, 0.3) is 0 Å². The van der Waals surface area contributed by atoms with E-state index in [-0.39, 0.29) is 16.8 Å². The maximum atomic E-state index is 11.9. The molecule has 0 unspecified atom stereocenters. The summed E-state index contributed by atoms with van der Waals surface area (Å²) in [6.45, 7) is 1.88. The highest BCUT2D eigenvalue weighted by molar-refractivity contribution is 7.90. The average Bonchev–Trinajstić information content (AvgIpc) is 2.90. The first kappa shape index (κ1) is 15.7. The van der Waals surface area contributed by atoms with Gasteiger partial charge in [-0.05, 0) is 36.1 Å². The largest absolute Gasteiger partial charge is 0.349 e. The van der Waals surface area contributed by atoms with Crippen LogP contribution in [0.1, 0.15) is 23.4 Å². The van der Waals surface area contributed by atoms with Crippen LogP contribution in [-0.2, 0) is 21.1 Å². The molecule has 0 spiro atoms. The molecule has 0 aliphatic heterocycles. The molecule has 0 radical (unpaired) electrons. The number of thiophene rings is 1. The standard InChI is InChI=1S/C15H17NO3S2/c1-11(16-15(17)10-13-4-3-9-20-13)12-5-7-14(8-6-12)21(2,18)19/h3-9,11H,10H2,1-2H3,(H,16,17)/t11-/m0/s1. The predicted molar refractivity (Wildman–Crippen MR) is 84.1 cm³/mol. The monoisotopic (exact) mass is 323 g/mol. The number of carbonyl (C=O) groups excluding carboxylic acids is 1. The molecule has 0 fully saturated rings. The molecule has 1 aromatic carbocycles. The second kappa shape index (κ2) is 6.41. The lowest BCUT2D eigenvalue weighted by Gasteiger charge is -2.14. The van der Waals surface area contributed by atoms with E-state index < -0.39 is 9.84 Å². The van der Waals surface area contributed by atoms with Gasteiger partial charge in [0.15, 0.2) is 9.84 Å². The van der Waals surface area contributed by atoms with Gasteiger partial charge in [0.05, 0.1) is 17.4 Å². The van der Waals surface area contributed by atoms with Crippen molar-refractivity contribution in [3.8, 4) is 0 Å². The van der Waals surface area contributed by atoms with Crippen molar-refractivity contribution in [2.45, 2.75) is 24.3 Å². The Morgan fingerprint density at radius 2 is 1.90 bits per heavy atom. The molecule has 112 valence electrons. The Hall–Kier alpha value is -1.66. The lowest BCUT2D eigenvalue weighted by atomic mass is 10.1. The Bertz CT molecular complexity index is 704. The molecular formula is C15H17NO3S2. The van der Waals surface area contributed by atoms with E-state index in [4.69, 9.17) is 0 Å². The summed E-state index contributed by atoms with van der Waals surface area (Å²) < 4.78 is 22.8. The first-order chi connectivity index (χ1) is 9.86. The second-order valence-electron chi connectivity index (χ2n) is 4.89. The smallest absolute Gasteiger partial charge is 0.225 e. The molecule has 0 saturated carbocycles. The first-order valence-corrected chi connectivity index (χ1v) is 9.25. The van der Waals surface area contributed by atoms with Crippen LogP contribution in [0.3, 0.4) is 0 Å². The lowest BCUT2D eigenvalue weighted by Crippen LogP contribution is -2.27. The molecule has 2 rings (SSSR count). The van der Waals surface area contributed by atoms with Crippen molar-refractivity contribution in [3.63, 3.8) is 0 Å². The van der Waals surface area contributed by atoms with Gasteiger partial charge < -0.3 is 5.32 Å². The van der Waals surface area contributed by atoms with Gasteiger partial charge in [-0.15, -0.1) is 11.3 Å². The Labute approximate surface area is 128 Å². The van der Waals surface area contributed by atoms with E-state index in [1.165, 1.54) is 6.26 Å². The molecule has 1 amide bonds. The van der Waals surface area contributed by atoms with E-state index in [0.29, 0.717) is 6.42 Å². The quantitative estimate of drug-likeness (QED) is 0.920. The molecule has 4 nitrogen and oxygen atoms in total. The molecule has 1 N–H and O–H groups in total. The molecule has 21 heavy (non-hydrogen) atoms. The lowest BCUT2D eigenvalue weighted by molar-refractivity contribution is -0.121. The number of benzene rings is 1. The van der Waals surface area contributed by atoms with Gasteiger partial charge in [-0.2, -0.15) is 0 Å².